The van der Waals surface area contributed by atoms with E-state index in [0.717, 1.165) is 29.8 Å². The third-order valence-corrected chi connectivity index (χ3v) is 3.97. The number of aryl methyl sites for hydroxylation is 1. The summed E-state index contributed by atoms with van der Waals surface area (Å²) >= 11 is 0. The van der Waals surface area contributed by atoms with Gasteiger partial charge in [-0.05, 0) is 30.7 Å². The zero-order valence-corrected chi connectivity index (χ0v) is 12.7. The maximum atomic E-state index is 12.6. The Morgan fingerprint density at radius 3 is 2.82 bits per heavy atom. The smallest absolute Gasteiger partial charge is 0.254 e. The molecule has 1 amide bonds. The lowest BCUT2D eigenvalue weighted by Crippen LogP contribution is -2.31. The Labute approximate surface area is 130 Å². The minimum atomic E-state index is 0.0229. The van der Waals surface area contributed by atoms with Gasteiger partial charge < -0.3 is 15.4 Å². The van der Waals surface area contributed by atoms with E-state index in [1.54, 1.807) is 0 Å². The lowest BCUT2D eigenvalue weighted by atomic mass is 10.1. The fraction of sp³-hybridized carbons (Fsp3) is 0.278. The predicted octanol–water partition coefficient (Wildman–Crippen LogP) is 2.87. The number of rotatable bonds is 3. The molecule has 1 fully saturated rings. The highest BCUT2D eigenvalue weighted by molar-refractivity contribution is 5.95. The number of nitrogens with zero attached hydrogens (tertiary/aromatic N) is 1. The molecule has 0 spiro atoms. The standard InChI is InChI=1S/C18H20N2O2/c1-13-5-2-3-8-17(13)18(21)20-10-9-16(12-20)22-15-7-4-6-14(19)11-15/h2-8,11,16H,9-10,12,19H2,1H3/t16-/m0/s1. The van der Waals surface area contributed by atoms with Gasteiger partial charge in [-0.25, -0.2) is 0 Å². The molecule has 0 aliphatic carbocycles. The molecule has 0 unspecified atom stereocenters. The molecule has 0 radical (unpaired) electrons. The van der Waals surface area contributed by atoms with Gasteiger partial charge in [0.1, 0.15) is 11.9 Å². The zero-order valence-electron chi connectivity index (χ0n) is 12.7. The van der Waals surface area contributed by atoms with E-state index in [9.17, 15) is 4.79 Å². The Morgan fingerprint density at radius 2 is 2.05 bits per heavy atom. The van der Waals surface area contributed by atoms with E-state index in [0.29, 0.717) is 12.2 Å². The molecule has 1 heterocycles. The molecule has 4 nitrogen and oxygen atoms in total. The molecule has 1 saturated heterocycles. The highest BCUT2D eigenvalue weighted by Gasteiger charge is 2.28. The highest BCUT2D eigenvalue weighted by atomic mass is 16.5. The summed E-state index contributed by atoms with van der Waals surface area (Å²) in [6.07, 6.45) is 0.863. The SMILES string of the molecule is Cc1ccccc1C(=O)N1CC[C@H](Oc2cccc(N)c2)C1. The second-order valence-corrected chi connectivity index (χ2v) is 5.67. The van der Waals surface area contributed by atoms with Crippen molar-refractivity contribution >= 4 is 11.6 Å². The van der Waals surface area contributed by atoms with Crippen molar-refractivity contribution in [1.82, 2.24) is 4.90 Å². The average molecular weight is 296 g/mol. The first kappa shape index (κ1) is 14.4. The van der Waals surface area contributed by atoms with Gasteiger partial charge >= 0.3 is 0 Å². The molecule has 1 atom stereocenters. The molecular weight excluding hydrogens is 276 g/mol. The van der Waals surface area contributed by atoms with Gasteiger partial charge in [0.2, 0.25) is 0 Å². The van der Waals surface area contributed by atoms with E-state index in [1.807, 2.05) is 60.4 Å². The third kappa shape index (κ3) is 3.06. The van der Waals surface area contributed by atoms with Crippen LogP contribution in [0.5, 0.6) is 5.75 Å². The monoisotopic (exact) mass is 296 g/mol. The Kier molecular flexibility index (Phi) is 4.00. The molecule has 2 N–H and O–H groups in total. The van der Waals surface area contributed by atoms with E-state index in [-0.39, 0.29) is 12.0 Å². The van der Waals surface area contributed by atoms with Crippen LogP contribution in [0.2, 0.25) is 0 Å². The summed E-state index contributed by atoms with van der Waals surface area (Å²) in [5, 5.41) is 0. The summed E-state index contributed by atoms with van der Waals surface area (Å²) in [5.74, 6) is 0.840. The molecule has 0 saturated carbocycles. The molecule has 0 bridgehead atoms. The summed E-state index contributed by atoms with van der Waals surface area (Å²) in [7, 11) is 0. The largest absolute Gasteiger partial charge is 0.488 e. The number of carbonyl (C=O) groups is 1. The number of nitrogen functional groups attached to an aromatic ring is 1. The number of nitrogens with two attached hydrogens (primary N) is 1. The zero-order chi connectivity index (χ0) is 15.5. The van der Waals surface area contributed by atoms with E-state index in [4.69, 9.17) is 10.5 Å². The molecule has 114 valence electrons. The van der Waals surface area contributed by atoms with Crippen LogP contribution in [0.3, 0.4) is 0 Å². The fourth-order valence-corrected chi connectivity index (χ4v) is 2.77. The van der Waals surface area contributed by atoms with Crippen molar-refractivity contribution in [3.05, 3.63) is 59.7 Å². The third-order valence-electron chi connectivity index (χ3n) is 3.97. The Balaban J connectivity index is 1.65. The van der Waals surface area contributed by atoms with Gasteiger partial charge in [-0.2, -0.15) is 0 Å². The van der Waals surface area contributed by atoms with Crippen LogP contribution in [0, 0.1) is 6.92 Å². The van der Waals surface area contributed by atoms with Gasteiger partial charge in [-0.1, -0.05) is 24.3 Å². The molecule has 2 aromatic rings. The van der Waals surface area contributed by atoms with Crippen LogP contribution in [-0.2, 0) is 0 Å². The van der Waals surface area contributed by atoms with Crippen molar-refractivity contribution in [2.75, 3.05) is 18.8 Å². The maximum Gasteiger partial charge on any atom is 0.254 e. The summed E-state index contributed by atoms with van der Waals surface area (Å²) in [5.41, 5.74) is 8.22. The van der Waals surface area contributed by atoms with Crippen molar-refractivity contribution in [1.29, 1.82) is 0 Å². The minimum absolute atomic E-state index is 0.0229. The van der Waals surface area contributed by atoms with Crippen molar-refractivity contribution in [3.63, 3.8) is 0 Å². The summed E-state index contributed by atoms with van der Waals surface area (Å²) in [6, 6.07) is 15.1. The number of ether oxygens (including phenoxy) is 1. The van der Waals surface area contributed by atoms with Crippen LogP contribution in [0.4, 0.5) is 5.69 Å². The van der Waals surface area contributed by atoms with E-state index >= 15 is 0 Å². The first-order valence-electron chi connectivity index (χ1n) is 7.50. The van der Waals surface area contributed by atoms with Gasteiger partial charge in [0.25, 0.3) is 5.91 Å². The second kappa shape index (κ2) is 6.10. The van der Waals surface area contributed by atoms with Crippen LogP contribution >= 0.6 is 0 Å². The van der Waals surface area contributed by atoms with E-state index in [2.05, 4.69) is 0 Å². The number of hydrogen-bond acceptors (Lipinski definition) is 3. The molecule has 2 aromatic carbocycles. The van der Waals surface area contributed by atoms with Gasteiger partial charge in [0.05, 0.1) is 6.54 Å². The highest BCUT2D eigenvalue weighted by Crippen LogP contribution is 2.22. The average Bonchev–Trinajstić information content (AvgIpc) is 2.95. The first-order valence-corrected chi connectivity index (χ1v) is 7.50. The predicted molar refractivity (Wildman–Crippen MR) is 87.0 cm³/mol. The number of hydrogen-bond donors (Lipinski definition) is 1. The van der Waals surface area contributed by atoms with Gasteiger partial charge in [0.15, 0.2) is 0 Å². The van der Waals surface area contributed by atoms with Crippen molar-refractivity contribution in [2.24, 2.45) is 0 Å². The van der Waals surface area contributed by atoms with Gasteiger partial charge in [-0.15, -0.1) is 0 Å². The molecule has 22 heavy (non-hydrogen) atoms. The minimum Gasteiger partial charge on any atom is -0.488 e. The van der Waals surface area contributed by atoms with Gasteiger partial charge in [-0.3, -0.25) is 4.79 Å². The Bertz CT molecular complexity index is 684. The Hall–Kier alpha value is -2.49. The normalized spacial score (nSPS) is 17.5. The lowest BCUT2D eigenvalue weighted by Gasteiger charge is -2.18. The summed E-state index contributed by atoms with van der Waals surface area (Å²) in [4.78, 5) is 14.4. The van der Waals surface area contributed by atoms with Crippen molar-refractivity contribution in [2.45, 2.75) is 19.4 Å². The molecule has 1 aliphatic heterocycles. The second-order valence-electron chi connectivity index (χ2n) is 5.67. The summed E-state index contributed by atoms with van der Waals surface area (Å²) in [6.45, 7) is 3.30. The molecule has 1 aliphatic rings. The number of amides is 1. The van der Waals surface area contributed by atoms with Crippen LogP contribution in [0.15, 0.2) is 48.5 Å². The summed E-state index contributed by atoms with van der Waals surface area (Å²) < 4.78 is 5.93. The fourth-order valence-electron chi connectivity index (χ4n) is 2.77. The topological polar surface area (TPSA) is 55.6 Å². The van der Waals surface area contributed by atoms with E-state index in [1.165, 1.54) is 0 Å². The van der Waals surface area contributed by atoms with Crippen molar-refractivity contribution < 1.29 is 9.53 Å². The maximum absolute atomic E-state index is 12.6. The van der Waals surface area contributed by atoms with Crippen LogP contribution in [-0.4, -0.2) is 30.0 Å². The molecule has 3 rings (SSSR count). The molecule has 4 heteroatoms. The molecule has 0 aromatic heterocycles. The van der Waals surface area contributed by atoms with Crippen LogP contribution < -0.4 is 10.5 Å². The van der Waals surface area contributed by atoms with Crippen LogP contribution in [0.1, 0.15) is 22.3 Å². The Morgan fingerprint density at radius 1 is 1.23 bits per heavy atom. The van der Waals surface area contributed by atoms with Crippen molar-refractivity contribution in [3.8, 4) is 5.75 Å². The van der Waals surface area contributed by atoms with Gasteiger partial charge in [0, 0.05) is 30.3 Å². The lowest BCUT2D eigenvalue weighted by molar-refractivity contribution is 0.0771. The first-order chi connectivity index (χ1) is 10.6. The molecular formula is C18H20N2O2. The quantitative estimate of drug-likeness (QED) is 0.886. The number of anilines is 1. The number of benzene rings is 2. The van der Waals surface area contributed by atoms with E-state index < -0.39 is 0 Å². The van der Waals surface area contributed by atoms with Crippen LogP contribution in [0.25, 0.3) is 0 Å². The number of likely N-dealkylation sites (tertiary alicyclic amines) is 1. The number of carbonyl (C=O) groups excluding carboxylic acids is 1.